The van der Waals surface area contributed by atoms with Crippen LogP contribution in [-0.2, 0) is 4.79 Å². The quantitative estimate of drug-likeness (QED) is 0.279. The highest BCUT2D eigenvalue weighted by Gasteiger charge is 2.46. The van der Waals surface area contributed by atoms with Crippen LogP contribution in [0, 0.1) is 0 Å². The molecule has 1 atom stereocenters. The highest BCUT2D eigenvalue weighted by atomic mass is 35.5. The van der Waals surface area contributed by atoms with Gasteiger partial charge in [0.2, 0.25) is 5.78 Å². The van der Waals surface area contributed by atoms with E-state index in [1.807, 2.05) is 0 Å². The minimum absolute atomic E-state index is 0.0317. The Kier molecular flexibility index (Phi) is 6.23. The summed E-state index contributed by atoms with van der Waals surface area (Å²) < 4.78 is 16.4. The number of amides is 1. The second-order valence-electron chi connectivity index (χ2n) is 8.20. The molecule has 10 heteroatoms. The van der Waals surface area contributed by atoms with Crippen LogP contribution in [0.5, 0.6) is 17.2 Å². The van der Waals surface area contributed by atoms with Crippen molar-refractivity contribution in [1.29, 1.82) is 0 Å². The summed E-state index contributed by atoms with van der Waals surface area (Å²) in [5.74, 6) is -2.35. The fourth-order valence-corrected chi connectivity index (χ4v) is 4.83. The van der Waals surface area contributed by atoms with Gasteiger partial charge in [-0.3, -0.25) is 14.5 Å². The first-order valence-electron chi connectivity index (χ1n) is 10.9. The van der Waals surface area contributed by atoms with Gasteiger partial charge in [-0.1, -0.05) is 41.4 Å². The lowest BCUT2D eigenvalue weighted by Crippen LogP contribution is -2.31. The predicted octanol–water partition coefficient (Wildman–Crippen LogP) is 6.25. The molecule has 3 aromatic carbocycles. The lowest BCUT2D eigenvalue weighted by atomic mass is 9.94. The van der Waals surface area contributed by atoms with Crippen LogP contribution >= 0.6 is 23.2 Å². The Hall–Kier alpha value is -4.14. The number of furan rings is 1. The molecule has 0 radical (unpaired) electrons. The van der Waals surface area contributed by atoms with Gasteiger partial charge >= 0.3 is 0 Å². The van der Waals surface area contributed by atoms with Crippen LogP contribution in [0.1, 0.15) is 22.2 Å². The molecule has 1 amide bonds. The number of carbonyl (C=O) groups excluding carboxylic acids is 2. The summed E-state index contributed by atoms with van der Waals surface area (Å²) in [4.78, 5) is 28.5. The number of halogens is 2. The molecule has 0 bridgehead atoms. The zero-order valence-electron chi connectivity index (χ0n) is 19.5. The number of ether oxygens (including phenoxy) is 2. The third-order valence-electron chi connectivity index (χ3n) is 6.06. The van der Waals surface area contributed by atoms with Gasteiger partial charge in [-0.15, -0.1) is 0 Å². The van der Waals surface area contributed by atoms with Crippen molar-refractivity contribution in [1.82, 2.24) is 0 Å². The number of phenolic OH excluding ortho intramolecular Hbond substituents is 1. The van der Waals surface area contributed by atoms with Crippen LogP contribution in [0.2, 0.25) is 10.0 Å². The Morgan fingerprint density at radius 2 is 1.68 bits per heavy atom. The summed E-state index contributed by atoms with van der Waals surface area (Å²) in [6.45, 7) is 0. The molecule has 1 aromatic heterocycles. The predicted molar refractivity (Wildman–Crippen MR) is 138 cm³/mol. The number of hydrogen-bond donors (Lipinski definition) is 2. The highest BCUT2D eigenvalue weighted by molar-refractivity contribution is 6.32. The number of methoxy groups -OCH3 is 2. The summed E-state index contributed by atoms with van der Waals surface area (Å²) in [7, 11) is 2.78. The van der Waals surface area contributed by atoms with Crippen LogP contribution in [0.15, 0.2) is 76.4 Å². The van der Waals surface area contributed by atoms with E-state index in [9.17, 15) is 19.8 Å². The highest BCUT2D eigenvalue weighted by Crippen LogP contribution is 2.46. The summed E-state index contributed by atoms with van der Waals surface area (Å²) in [6.07, 6.45) is 0. The standard InChI is InChI=1S/C27H19Cl2NO7/c1-35-18-10-13(9-17(29)23(18)31)22-21(25(33)27(34)30(22)16-6-4-3-5-7-16)24(32)19-11-14-8-15(28)12-20(36-2)26(14)37-19/h3-12,22,31,33H,1-2H3. The number of aliphatic hydroxyl groups excluding tert-OH is 1. The molecular formula is C27H19Cl2NO7. The number of fused-ring (bicyclic) bond motifs is 1. The molecule has 0 saturated carbocycles. The van der Waals surface area contributed by atoms with E-state index >= 15 is 0 Å². The first-order chi connectivity index (χ1) is 17.7. The maximum atomic E-state index is 13.8. The molecule has 5 rings (SSSR count). The number of ketones is 1. The van der Waals surface area contributed by atoms with E-state index in [1.54, 1.807) is 42.5 Å². The Balaban J connectivity index is 1.71. The zero-order chi connectivity index (χ0) is 26.4. The van der Waals surface area contributed by atoms with Gasteiger partial charge in [0.15, 0.2) is 34.4 Å². The van der Waals surface area contributed by atoms with Gasteiger partial charge in [0.25, 0.3) is 5.91 Å². The largest absolute Gasteiger partial charge is 0.503 e. The molecule has 4 aromatic rings. The van der Waals surface area contributed by atoms with Crippen LogP contribution in [0.25, 0.3) is 11.0 Å². The lowest BCUT2D eigenvalue weighted by Gasteiger charge is -2.27. The summed E-state index contributed by atoms with van der Waals surface area (Å²) in [5, 5.41) is 22.1. The molecule has 0 spiro atoms. The van der Waals surface area contributed by atoms with Crippen molar-refractivity contribution in [2.24, 2.45) is 0 Å². The molecule has 2 N–H and O–H groups in total. The molecule has 0 fully saturated rings. The van der Waals surface area contributed by atoms with Crippen LogP contribution < -0.4 is 14.4 Å². The first-order valence-corrected chi connectivity index (χ1v) is 11.7. The third kappa shape index (κ3) is 4.04. The van der Waals surface area contributed by atoms with Crippen molar-refractivity contribution in [3.63, 3.8) is 0 Å². The Morgan fingerprint density at radius 3 is 2.35 bits per heavy atom. The maximum absolute atomic E-state index is 13.8. The van der Waals surface area contributed by atoms with Crippen LogP contribution in [0.3, 0.4) is 0 Å². The molecule has 8 nitrogen and oxygen atoms in total. The topological polar surface area (TPSA) is 109 Å². The van der Waals surface area contributed by atoms with E-state index in [-0.39, 0.29) is 33.4 Å². The van der Waals surface area contributed by atoms with Gasteiger partial charge in [0.05, 0.1) is 30.9 Å². The van der Waals surface area contributed by atoms with Gasteiger partial charge in [-0.25, -0.2) is 0 Å². The lowest BCUT2D eigenvalue weighted by molar-refractivity contribution is -0.117. The van der Waals surface area contributed by atoms with Crippen LogP contribution in [0.4, 0.5) is 5.69 Å². The van der Waals surface area contributed by atoms with Crippen molar-refractivity contribution in [2.75, 3.05) is 19.1 Å². The van der Waals surface area contributed by atoms with Crippen molar-refractivity contribution in [3.8, 4) is 17.2 Å². The Bertz CT molecular complexity index is 1590. The summed E-state index contributed by atoms with van der Waals surface area (Å²) in [5.41, 5.74) is 0.793. The number of carbonyl (C=O) groups is 2. The van der Waals surface area contributed by atoms with E-state index in [2.05, 4.69) is 0 Å². The van der Waals surface area contributed by atoms with E-state index in [0.717, 1.165) is 0 Å². The average Bonchev–Trinajstić information content (AvgIpc) is 3.44. The monoisotopic (exact) mass is 539 g/mol. The maximum Gasteiger partial charge on any atom is 0.294 e. The summed E-state index contributed by atoms with van der Waals surface area (Å²) in [6, 6.07) is 14.9. The number of hydrogen-bond acceptors (Lipinski definition) is 7. The van der Waals surface area contributed by atoms with E-state index in [1.165, 1.54) is 37.3 Å². The van der Waals surface area contributed by atoms with Gasteiger partial charge < -0.3 is 24.1 Å². The first kappa shape index (κ1) is 24.5. The summed E-state index contributed by atoms with van der Waals surface area (Å²) >= 11 is 12.4. The molecule has 0 aliphatic carbocycles. The smallest absolute Gasteiger partial charge is 0.294 e. The molecule has 188 valence electrons. The third-order valence-corrected chi connectivity index (χ3v) is 6.57. The van der Waals surface area contributed by atoms with Crippen LogP contribution in [-0.4, -0.2) is 36.1 Å². The fourth-order valence-electron chi connectivity index (χ4n) is 4.40. The minimum Gasteiger partial charge on any atom is -0.503 e. The number of phenols is 1. The number of anilines is 1. The second-order valence-corrected chi connectivity index (χ2v) is 9.04. The number of rotatable bonds is 6. The second kappa shape index (κ2) is 9.38. The van der Waals surface area contributed by atoms with Crippen molar-refractivity contribution >= 4 is 51.5 Å². The SMILES string of the molecule is COc1cc(C2C(C(=O)c3cc4cc(Cl)cc(OC)c4o3)=C(O)C(=O)N2c2ccccc2)cc(Cl)c1O. The Morgan fingerprint density at radius 1 is 0.973 bits per heavy atom. The van der Waals surface area contributed by atoms with Crippen molar-refractivity contribution in [3.05, 3.63) is 93.4 Å². The van der Waals surface area contributed by atoms with Gasteiger partial charge in [0, 0.05) is 22.2 Å². The van der Waals surface area contributed by atoms with Crippen molar-refractivity contribution in [2.45, 2.75) is 6.04 Å². The molecule has 1 aliphatic heterocycles. The normalized spacial score (nSPS) is 15.5. The van der Waals surface area contributed by atoms with E-state index in [0.29, 0.717) is 27.4 Å². The number of aliphatic hydroxyl groups is 1. The fraction of sp³-hybridized carbons (Fsp3) is 0.111. The molecular weight excluding hydrogens is 521 g/mol. The van der Waals surface area contributed by atoms with Crippen molar-refractivity contribution < 1.29 is 33.7 Å². The molecule has 2 heterocycles. The van der Waals surface area contributed by atoms with Gasteiger partial charge in [-0.2, -0.15) is 0 Å². The number of benzene rings is 3. The zero-order valence-corrected chi connectivity index (χ0v) is 21.0. The van der Waals surface area contributed by atoms with E-state index < -0.39 is 23.5 Å². The number of nitrogens with zero attached hydrogens (tertiary/aromatic N) is 1. The molecule has 37 heavy (non-hydrogen) atoms. The van der Waals surface area contributed by atoms with E-state index in [4.69, 9.17) is 37.1 Å². The van der Waals surface area contributed by atoms with Gasteiger partial charge in [0.1, 0.15) is 0 Å². The Labute approximate surface area is 220 Å². The number of Topliss-reactive ketones (excluding diaryl/α,β-unsaturated/α-hetero) is 1. The minimum atomic E-state index is -1.12. The number of aromatic hydroxyl groups is 1. The van der Waals surface area contributed by atoms with Gasteiger partial charge in [-0.05, 0) is 42.0 Å². The molecule has 1 aliphatic rings. The average molecular weight is 540 g/mol. The molecule has 1 unspecified atom stereocenters. The number of para-hydroxylation sites is 1. The molecule has 0 saturated heterocycles.